The first-order chi connectivity index (χ1) is 7.69. The number of rotatable bonds is 5. The van der Waals surface area contributed by atoms with Crippen LogP contribution in [0.15, 0.2) is 0 Å². The van der Waals surface area contributed by atoms with Gasteiger partial charge < -0.3 is 9.53 Å². The van der Waals surface area contributed by atoms with Crippen LogP contribution in [0.3, 0.4) is 0 Å². The second kappa shape index (κ2) is 6.66. The number of carbonyl (C=O) groups excluding carboxylic acids is 2. The normalized spacial score (nSPS) is 27.1. The Bertz CT molecular complexity index is 237. The Labute approximate surface area is 97.5 Å². The highest BCUT2D eigenvalue weighted by atomic mass is 16.5. The summed E-state index contributed by atoms with van der Waals surface area (Å²) >= 11 is 0. The van der Waals surface area contributed by atoms with Crippen molar-refractivity contribution in [3.8, 4) is 0 Å². The predicted octanol–water partition coefficient (Wildman–Crippen LogP) is 2.72. The minimum absolute atomic E-state index is 0.00805. The van der Waals surface area contributed by atoms with Gasteiger partial charge in [0.15, 0.2) is 0 Å². The molecule has 16 heavy (non-hydrogen) atoms. The molecule has 0 N–H and O–H groups in total. The summed E-state index contributed by atoms with van der Waals surface area (Å²) < 4.78 is 5.36. The van der Waals surface area contributed by atoms with E-state index < -0.39 is 0 Å². The Kier molecular flexibility index (Phi) is 5.50. The molecular weight excluding hydrogens is 204 g/mol. The average Bonchev–Trinajstić information content (AvgIpc) is 2.30. The highest BCUT2D eigenvalue weighted by molar-refractivity contribution is 5.73. The van der Waals surface area contributed by atoms with Crippen LogP contribution in [0.25, 0.3) is 0 Å². The summed E-state index contributed by atoms with van der Waals surface area (Å²) in [5.41, 5.74) is 0. The van der Waals surface area contributed by atoms with Crippen molar-refractivity contribution in [3.63, 3.8) is 0 Å². The molecule has 0 spiro atoms. The minimum atomic E-state index is -0.0964. The Morgan fingerprint density at radius 3 is 2.75 bits per heavy atom. The first kappa shape index (κ1) is 13.2. The molecule has 0 heterocycles. The first-order valence-corrected chi connectivity index (χ1v) is 6.33. The number of hydrogen-bond donors (Lipinski definition) is 0. The quantitative estimate of drug-likeness (QED) is 0.534. The molecule has 3 unspecified atom stereocenters. The van der Waals surface area contributed by atoms with Crippen molar-refractivity contribution in [1.29, 1.82) is 0 Å². The molecule has 1 aliphatic rings. The lowest BCUT2D eigenvalue weighted by molar-refractivity contribution is -0.156. The molecule has 0 amide bonds. The molecule has 1 rings (SSSR count). The topological polar surface area (TPSA) is 43.4 Å². The molecule has 0 radical (unpaired) electrons. The summed E-state index contributed by atoms with van der Waals surface area (Å²) in [4.78, 5) is 22.5. The summed E-state index contributed by atoms with van der Waals surface area (Å²) in [7, 11) is 0. The second-order valence-electron chi connectivity index (χ2n) is 4.71. The molecule has 0 aromatic heterocycles. The van der Waals surface area contributed by atoms with Gasteiger partial charge in [-0.15, -0.1) is 0 Å². The van der Waals surface area contributed by atoms with E-state index in [-0.39, 0.29) is 23.9 Å². The second-order valence-corrected chi connectivity index (χ2v) is 4.71. The third-order valence-electron chi connectivity index (χ3n) is 3.50. The standard InChI is InChI=1S/C13H22O3/c1-3-10(2)16-13(15)12-7-5-4-6-11(12)8-9-14/h9-12H,3-8H2,1-2H3. The molecule has 1 fully saturated rings. The van der Waals surface area contributed by atoms with Crippen molar-refractivity contribution in [2.75, 3.05) is 0 Å². The van der Waals surface area contributed by atoms with Gasteiger partial charge in [0, 0.05) is 6.42 Å². The van der Waals surface area contributed by atoms with Crippen LogP contribution < -0.4 is 0 Å². The fourth-order valence-electron chi connectivity index (χ4n) is 2.29. The third kappa shape index (κ3) is 3.62. The Balaban J connectivity index is 2.53. The van der Waals surface area contributed by atoms with Crippen LogP contribution in [-0.4, -0.2) is 18.4 Å². The number of carbonyl (C=O) groups is 2. The van der Waals surface area contributed by atoms with Crippen LogP contribution in [0.4, 0.5) is 0 Å². The van der Waals surface area contributed by atoms with Crippen LogP contribution >= 0.6 is 0 Å². The monoisotopic (exact) mass is 226 g/mol. The van der Waals surface area contributed by atoms with Gasteiger partial charge in [0.2, 0.25) is 0 Å². The zero-order chi connectivity index (χ0) is 12.0. The van der Waals surface area contributed by atoms with Gasteiger partial charge >= 0.3 is 5.97 Å². The first-order valence-electron chi connectivity index (χ1n) is 6.33. The van der Waals surface area contributed by atoms with Crippen LogP contribution in [0.5, 0.6) is 0 Å². The maximum Gasteiger partial charge on any atom is 0.309 e. The van der Waals surface area contributed by atoms with Gasteiger partial charge in [-0.05, 0) is 32.1 Å². The summed E-state index contributed by atoms with van der Waals surface area (Å²) in [6.07, 6.45) is 6.34. The molecule has 0 aliphatic heterocycles. The zero-order valence-corrected chi connectivity index (χ0v) is 10.3. The Hall–Kier alpha value is -0.860. The SMILES string of the molecule is CCC(C)OC(=O)C1CCCCC1CC=O. The summed E-state index contributed by atoms with van der Waals surface area (Å²) in [6.45, 7) is 3.91. The van der Waals surface area contributed by atoms with Gasteiger partial charge in [0.25, 0.3) is 0 Å². The average molecular weight is 226 g/mol. The van der Waals surface area contributed by atoms with Crippen molar-refractivity contribution in [2.45, 2.75) is 58.5 Å². The lowest BCUT2D eigenvalue weighted by Crippen LogP contribution is -2.31. The van der Waals surface area contributed by atoms with Crippen molar-refractivity contribution in [1.82, 2.24) is 0 Å². The molecule has 0 saturated heterocycles. The van der Waals surface area contributed by atoms with Crippen LogP contribution in [0, 0.1) is 11.8 Å². The molecule has 3 nitrogen and oxygen atoms in total. The van der Waals surface area contributed by atoms with Crippen LogP contribution in [0.2, 0.25) is 0 Å². The molecule has 3 atom stereocenters. The third-order valence-corrected chi connectivity index (χ3v) is 3.50. The molecular formula is C13H22O3. The van der Waals surface area contributed by atoms with Gasteiger partial charge in [0.05, 0.1) is 12.0 Å². The Morgan fingerprint density at radius 2 is 2.12 bits per heavy atom. The van der Waals surface area contributed by atoms with Crippen molar-refractivity contribution >= 4 is 12.3 Å². The number of esters is 1. The van der Waals surface area contributed by atoms with Gasteiger partial charge in [-0.25, -0.2) is 0 Å². The molecule has 92 valence electrons. The maximum absolute atomic E-state index is 11.9. The summed E-state index contributed by atoms with van der Waals surface area (Å²) in [6, 6.07) is 0. The molecule has 3 heteroatoms. The molecule has 1 aliphatic carbocycles. The molecule has 0 aromatic carbocycles. The van der Waals surface area contributed by atoms with Crippen molar-refractivity contribution in [3.05, 3.63) is 0 Å². The van der Waals surface area contributed by atoms with Crippen LogP contribution in [-0.2, 0) is 14.3 Å². The van der Waals surface area contributed by atoms with E-state index in [2.05, 4.69) is 0 Å². The molecule has 0 bridgehead atoms. The molecule has 1 saturated carbocycles. The van der Waals surface area contributed by atoms with E-state index >= 15 is 0 Å². The largest absolute Gasteiger partial charge is 0.462 e. The van der Waals surface area contributed by atoms with E-state index in [1.165, 1.54) is 0 Å². The maximum atomic E-state index is 11.9. The smallest absolute Gasteiger partial charge is 0.309 e. The van der Waals surface area contributed by atoms with Gasteiger partial charge in [-0.2, -0.15) is 0 Å². The van der Waals surface area contributed by atoms with Gasteiger partial charge in [0.1, 0.15) is 6.29 Å². The summed E-state index contributed by atoms with van der Waals surface area (Å²) in [5.74, 6) is 0.0663. The zero-order valence-electron chi connectivity index (χ0n) is 10.3. The lowest BCUT2D eigenvalue weighted by atomic mass is 9.78. The lowest BCUT2D eigenvalue weighted by Gasteiger charge is -2.29. The van der Waals surface area contributed by atoms with E-state index in [1.807, 2.05) is 13.8 Å². The number of hydrogen-bond acceptors (Lipinski definition) is 3. The van der Waals surface area contributed by atoms with E-state index in [0.29, 0.717) is 6.42 Å². The van der Waals surface area contributed by atoms with Gasteiger partial charge in [-0.3, -0.25) is 4.79 Å². The number of ether oxygens (including phenoxy) is 1. The highest BCUT2D eigenvalue weighted by Crippen LogP contribution is 2.33. The summed E-state index contributed by atoms with van der Waals surface area (Å²) in [5, 5.41) is 0. The minimum Gasteiger partial charge on any atom is -0.462 e. The molecule has 0 aromatic rings. The van der Waals surface area contributed by atoms with Crippen molar-refractivity contribution in [2.24, 2.45) is 11.8 Å². The van der Waals surface area contributed by atoms with E-state index in [4.69, 9.17) is 4.74 Å². The Morgan fingerprint density at radius 1 is 1.44 bits per heavy atom. The van der Waals surface area contributed by atoms with E-state index in [1.54, 1.807) is 0 Å². The highest BCUT2D eigenvalue weighted by Gasteiger charge is 2.32. The predicted molar refractivity (Wildman–Crippen MR) is 62.0 cm³/mol. The van der Waals surface area contributed by atoms with Crippen molar-refractivity contribution < 1.29 is 14.3 Å². The van der Waals surface area contributed by atoms with E-state index in [0.717, 1.165) is 38.4 Å². The van der Waals surface area contributed by atoms with Gasteiger partial charge in [-0.1, -0.05) is 19.8 Å². The fraction of sp³-hybridized carbons (Fsp3) is 0.846. The fourth-order valence-corrected chi connectivity index (χ4v) is 2.29. The number of aldehydes is 1. The van der Waals surface area contributed by atoms with Crippen LogP contribution in [0.1, 0.15) is 52.4 Å². The van der Waals surface area contributed by atoms with E-state index in [9.17, 15) is 9.59 Å².